The van der Waals surface area contributed by atoms with Crippen LogP contribution in [0.4, 0.5) is 5.82 Å². The zero-order valence-electron chi connectivity index (χ0n) is 17.9. The van der Waals surface area contributed by atoms with E-state index in [9.17, 15) is 24.4 Å². The molecule has 0 radical (unpaired) electrons. The maximum Gasteiger partial charge on any atom is 0.698 e. The number of rotatable bonds is 9. The van der Waals surface area contributed by atoms with Gasteiger partial charge >= 0.3 is 20.5 Å². The van der Waals surface area contributed by atoms with Crippen LogP contribution in [0, 0.1) is 3.83 Å². The average molecular weight is 634 g/mol. The predicted octanol–water partition coefficient (Wildman–Crippen LogP) is 0.396. The van der Waals surface area contributed by atoms with Crippen molar-refractivity contribution in [1.29, 1.82) is 0 Å². The molecule has 15 nitrogen and oxygen atoms in total. The molecule has 1 amide bonds. The highest BCUT2D eigenvalue weighted by Crippen LogP contribution is 2.33. The molecule has 1 aliphatic heterocycles. The second-order valence-corrected chi connectivity index (χ2v) is 9.03. The molecule has 0 saturated carbocycles. The lowest BCUT2D eigenvalue weighted by atomic mass is 10.1. The summed E-state index contributed by atoms with van der Waals surface area (Å²) in [5.41, 5.74) is 0.768. The Morgan fingerprint density at radius 1 is 1.22 bits per heavy atom. The lowest BCUT2D eigenvalue weighted by Gasteiger charge is -2.17. The van der Waals surface area contributed by atoms with Gasteiger partial charge in [0.15, 0.2) is 27.0 Å². The third-order valence-corrected chi connectivity index (χ3v) is 5.93. The number of carbonyl (C=O) groups is 2. The van der Waals surface area contributed by atoms with Gasteiger partial charge in [0.1, 0.15) is 18.3 Å². The molecule has 1 aliphatic rings. The molecule has 1 fully saturated rings. The fourth-order valence-electron chi connectivity index (χ4n) is 3.44. The van der Waals surface area contributed by atoms with Crippen molar-refractivity contribution in [1.82, 2.24) is 19.5 Å². The number of ether oxygens (including phenoxy) is 2. The van der Waals surface area contributed by atoms with E-state index in [1.165, 1.54) is 10.9 Å². The van der Waals surface area contributed by atoms with E-state index in [1.54, 1.807) is 30.3 Å². The van der Waals surface area contributed by atoms with Gasteiger partial charge in [-0.25, -0.2) is 19.7 Å². The number of anilines is 1. The van der Waals surface area contributed by atoms with Crippen molar-refractivity contribution in [2.24, 2.45) is 0 Å². The van der Waals surface area contributed by atoms with E-state index in [0.29, 0.717) is 5.56 Å². The third kappa shape index (κ3) is 5.65. The van der Waals surface area contributed by atoms with Crippen LogP contribution < -0.4 is 5.32 Å². The number of carboxylic acids is 1. The van der Waals surface area contributed by atoms with Gasteiger partial charge in [-0.2, -0.15) is 0 Å². The van der Waals surface area contributed by atoms with Gasteiger partial charge in [-0.05, 0) is 12.1 Å². The van der Waals surface area contributed by atoms with E-state index in [2.05, 4.69) is 24.8 Å². The summed E-state index contributed by atoms with van der Waals surface area (Å²) in [7, 11) is -3.27. The topological polar surface area (TPSA) is 215 Å². The second-order valence-electron chi connectivity index (χ2n) is 7.38. The lowest BCUT2D eigenvalue weighted by Crippen LogP contribution is -2.36. The zero-order chi connectivity index (χ0) is 26.0. The van der Waals surface area contributed by atoms with Crippen LogP contribution in [0.5, 0.6) is 0 Å². The van der Waals surface area contributed by atoms with Crippen LogP contribution in [-0.2, 0) is 23.4 Å². The summed E-state index contributed by atoms with van der Waals surface area (Å²) in [6.07, 6.45) is -6.31. The van der Waals surface area contributed by atoms with Gasteiger partial charge in [-0.3, -0.25) is 9.36 Å². The maximum atomic E-state index is 12.6. The average Bonchev–Trinajstić information content (AvgIpc) is 3.37. The summed E-state index contributed by atoms with van der Waals surface area (Å²) in [5.74, 6) is -1.98. The van der Waals surface area contributed by atoms with Crippen molar-refractivity contribution >= 4 is 59.7 Å². The summed E-state index contributed by atoms with van der Waals surface area (Å²) in [4.78, 5) is 45.2. The molecule has 3 aromatic rings. The van der Waals surface area contributed by atoms with Gasteiger partial charge in [0, 0.05) is 32.7 Å². The number of hydrogen-bond acceptors (Lipinski definition) is 11. The van der Waals surface area contributed by atoms with Crippen LogP contribution in [0.2, 0.25) is 0 Å². The number of aromatic nitrogens is 4. The Morgan fingerprint density at radius 2 is 1.94 bits per heavy atom. The van der Waals surface area contributed by atoms with Crippen LogP contribution >= 0.6 is 30.8 Å². The highest BCUT2D eigenvalue weighted by atomic mass is 127. The summed E-state index contributed by atoms with van der Waals surface area (Å²) in [5, 5.41) is 32.7. The summed E-state index contributed by atoms with van der Waals surface area (Å²) in [6, 6.07) is 8.45. The highest BCUT2D eigenvalue weighted by molar-refractivity contribution is 14.1. The molecule has 0 bridgehead atoms. The molecule has 1 saturated heterocycles. The van der Waals surface area contributed by atoms with E-state index in [0.717, 1.165) is 0 Å². The third-order valence-electron chi connectivity index (χ3n) is 5.07. The molecule has 6 atom stereocenters. The van der Waals surface area contributed by atoms with Crippen molar-refractivity contribution < 1.29 is 48.4 Å². The second kappa shape index (κ2) is 11.1. The van der Waals surface area contributed by atoms with E-state index in [4.69, 9.17) is 19.5 Å². The lowest BCUT2D eigenvalue weighted by molar-refractivity contribution is -0.179. The number of amides is 1. The Bertz CT molecular complexity index is 1290. The zero-order valence-corrected chi connectivity index (χ0v) is 21.0. The number of carbonyl (C=O) groups excluding carboxylic acids is 1. The first-order valence-electron chi connectivity index (χ1n) is 10.1. The minimum Gasteiger partial charge on any atom is -0.477 e. The molecule has 2 unspecified atom stereocenters. The van der Waals surface area contributed by atoms with Crippen molar-refractivity contribution in [2.75, 3.05) is 11.9 Å². The summed E-state index contributed by atoms with van der Waals surface area (Å²) < 4.78 is 27.2. The van der Waals surface area contributed by atoms with E-state index < -0.39 is 57.6 Å². The molecule has 1 aromatic carbocycles. The molecule has 0 spiro atoms. The number of hydrogen-bond donors (Lipinski definition) is 5. The van der Waals surface area contributed by atoms with Crippen LogP contribution in [0.15, 0.2) is 36.7 Å². The minimum absolute atomic E-state index is 0.115. The number of imidazole rings is 1. The predicted molar refractivity (Wildman–Crippen MR) is 127 cm³/mol. The number of fused-ring (bicyclic) bond motifs is 1. The normalized spacial score (nSPS) is 22.9. The minimum atomic E-state index is -3.27. The van der Waals surface area contributed by atoms with Gasteiger partial charge in [0.05, 0.1) is 12.9 Å². The largest absolute Gasteiger partial charge is 0.698 e. The number of aliphatic carboxylic acids is 1. The van der Waals surface area contributed by atoms with E-state index in [1.807, 2.05) is 22.6 Å². The number of nitrogens with one attached hydrogen (secondary N) is 1. The van der Waals surface area contributed by atoms with Gasteiger partial charge in [0.25, 0.3) is 5.91 Å². The van der Waals surface area contributed by atoms with Crippen molar-refractivity contribution in [3.05, 3.63) is 46.1 Å². The standard InChI is InChI=1S/C19H17IN5O10P/c20-19-23-13(22-15(28)8-4-2-1-3-5-8)10-14(24-19)25(7-21-10)16-12(27)11(26)9(34-16)6-33-18(17(29)30)35-36(31)32/h1-5,7,9,11-12,16,18,26-27H,6H2,(H2-,22,23,24,28,29,30,31,32)/p+1/t9-,11-,12-,16-,18?/m1/s1. The molecule has 2 aromatic heterocycles. The quantitative estimate of drug-likeness (QED) is 0.0934. The van der Waals surface area contributed by atoms with E-state index >= 15 is 0 Å². The highest BCUT2D eigenvalue weighted by Gasteiger charge is 2.45. The Balaban J connectivity index is 1.55. The molecule has 0 aliphatic carbocycles. The Labute approximate surface area is 216 Å². The molecule has 190 valence electrons. The van der Waals surface area contributed by atoms with Crippen LogP contribution in [0.3, 0.4) is 0 Å². The van der Waals surface area contributed by atoms with Gasteiger partial charge < -0.3 is 30.1 Å². The molecular formula is C19H18IN5O10P+. The summed E-state index contributed by atoms with van der Waals surface area (Å²) >= 11 is 1.84. The molecule has 36 heavy (non-hydrogen) atoms. The molecular weight excluding hydrogens is 616 g/mol. The monoisotopic (exact) mass is 634 g/mol. The number of aliphatic hydroxyl groups is 2. The maximum absolute atomic E-state index is 12.6. The first-order valence-corrected chi connectivity index (χ1v) is 12.3. The van der Waals surface area contributed by atoms with Gasteiger partial charge in [0.2, 0.25) is 0 Å². The summed E-state index contributed by atoms with van der Waals surface area (Å²) in [6.45, 7) is -0.591. The fourth-order valence-corrected chi connectivity index (χ4v) is 4.22. The number of benzene rings is 1. The van der Waals surface area contributed by atoms with Crippen molar-refractivity contribution in [2.45, 2.75) is 30.8 Å². The van der Waals surface area contributed by atoms with Crippen LogP contribution in [-0.4, -0.2) is 82.8 Å². The molecule has 3 heterocycles. The van der Waals surface area contributed by atoms with Gasteiger partial charge in [-0.15, -0.1) is 4.89 Å². The number of aliphatic hydroxyl groups excluding tert-OH is 2. The number of halogens is 1. The van der Waals surface area contributed by atoms with Crippen molar-refractivity contribution in [3.63, 3.8) is 0 Å². The smallest absolute Gasteiger partial charge is 0.477 e. The fraction of sp³-hybridized carbons (Fsp3) is 0.316. The number of carboxylic acid groups (broad SMARTS) is 1. The first-order chi connectivity index (χ1) is 17.2. The molecule has 4 rings (SSSR count). The Kier molecular flexibility index (Phi) is 8.16. The number of nitrogens with zero attached hydrogens (tertiary/aromatic N) is 4. The molecule has 17 heteroatoms. The van der Waals surface area contributed by atoms with Gasteiger partial charge in [-0.1, -0.05) is 22.7 Å². The Morgan fingerprint density at radius 3 is 2.61 bits per heavy atom. The first kappa shape index (κ1) is 26.4. The SMILES string of the molecule is O=C(Nc1nc(I)nc2c1ncn2[C@@H]1O[C@H](COC(O[P+](=O)O)C(=O)O)[C@@H](O)[C@H]1O)c1ccccc1. The van der Waals surface area contributed by atoms with Crippen LogP contribution in [0.25, 0.3) is 11.2 Å². The Hall–Kier alpha value is -2.70. The van der Waals surface area contributed by atoms with E-state index in [-0.39, 0.29) is 20.8 Å². The van der Waals surface area contributed by atoms with Crippen molar-refractivity contribution in [3.8, 4) is 0 Å². The molecule has 5 N–H and O–H groups in total. The van der Waals surface area contributed by atoms with Crippen LogP contribution in [0.1, 0.15) is 16.6 Å².